The van der Waals surface area contributed by atoms with E-state index in [0.29, 0.717) is 43.0 Å². The molecule has 0 aromatic heterocycles. The number of hydrogen-bond donors (Lipinski definition) is 1. The summed E-state index contributed by atoms with van der Waals surface area (Å²) in [6.07, 6.45) is 8.42. The molecular formula is C29H36O5. The molecule has 7 atom stereocenters. The van der Waals surface area contributed by atoms with Gasteiger partial charge in [0.15, 0.2) is 5.79 Å². The molecule has 4 saturated carbocycles. The second-order valence-corrected chi connectivity index (χ2v) is 12.2. The fourth-order valence-corrected chi connectivity index (χ4v) is 9.46. The van der Waals surface area contributed by atoms with Crippen LogP contribution >= 0.6 is 0 Å². The zero-order valence-electron chi connectivity index (χ0n) is 20.3. The maximum atomic E-state index is 12.1. The van der Waals surface area contributed by atoms with E-state index < -0.39 is 11.4 Å². The summed E-state index contributed by atoms with van der Waals surface area (Å²) in [5.74, 6) is 1.42. The van der Waals surface area contributed by atoms with Crippen molar-refractivity contribution in [3.05, 3.63) is 46.5 Å². The lowest BCUT2D eigenvalue weighted by Gasteiger charge is -2.57. The van der Waals surface area contributed by atoms with Crippen LogP contribution in [0.4, 0.5) is 0 Å². The highest BCUT2D eigenvalue weighted by atomic mass is 16.7. The second-order valence-electron chi connectivity index (χ2n) is 12.2. The van der Waals surface area contributed by atoms with Gasteiger partial charge in [-0.15, -0.1) is 0 Å². The zero-order valence-corrected chi connectivity index (χ0v) is 20.3. The summed E-state index contributed by atoms with van der Waals surface area (Å²) in [5, 5.41) is 12.1. The largest absolute Gasteiger partial charge is 0.385 e. The highest BCUT2D eigenvalue weighted by Crippen LogP contribution is 2.77. The first-order chi connectivity index (χ1) is 16.4. The van der Waals surface area contributed by atoms with Crippen LogP contribution in [0.25, 0.3) is 0 Å². The van der Waals surface area contributed by atoms with Crippen LogP contribution in [0, 0.1) is 23.2 Å². The average molecular weight is 465 g/mol. The number of ether oxygens (including phenoxy) is 3. The Morgan fingerprint density at radius 3 is 2.59 bits per heavy atom. The molecule has 6 aliphatic rings. The Bertz CT molecular complexity index is 1050. The van der Waals surface area contributed by atoms with Crippen molar-refractivity contribution in [3.8, 4) is 0 Å². The SMILES string of the molecule is CO[C@@]12C[C@@H]1C[C@H]1[C@@H]3CC[C@@]4(O)CC5(CCC4=C3[C@@H](c3ccc(C=O)cc3)C[C@@]12C)OCCO5. The van der Waals surface area contributed by atoms with Crippen molar-refractivity contribution >= 4 is 6.29 Å². The molecule has 182 valence electrons. The summed E-state index contributed by atoms with van der Waals surface area (Å²) in [7, 11) is 1.91. The zero-order chi connectivity index (χ0) is 23.3. The standard InChI is InChI=1S/C29H36O5/c1-26-15-22(19-5-3-18(16-30)4-6-19)25-21(24(26)13-20-14-29(20,26)32-2)7-9-27(31)17-28(10-8-23(25)27)33-11-12-34-28/h3-6,16,20-22,24,31H,7-15,17H2,1-2H3/t20-,21-,22+,24-,26-,27+,29-/m0/s1. The number of methoxy groups -OCH3 is 1. The Kier molecular flexibility index (Phi) is 4.49. The van der Waals surface area contributed by atoms with Crippen LogP contribution in [0.15, 0.2) is 35.4 Å². The van der Waals surface area contributed by atoms with Crippen LogP contribution in [0.2, 0.25) is 0 Å². The monoisotopic (exact) mass is 464 g/mol. The molecule has 0 bridgehead atoms. The molecule has 34 heavy (non-hydrogen) atoms. The first kappa shape index (κ1) is 21.7. The first-order valence-corrected chi connectivity index (χ1v) is 13.2. The van der Waals surface area contributed by atoms with Crippen LogP contribution in [0.1, 0.15) is 80.1 Å². The summed E-state index contributed by atoms with van der Waals surface area (Å²) in [6.45, 7) is 3.73. The third kappa shape index (κ3) is 2.67. The van der Waals surface area contributed by atoms with Gasteiger partial charge in [0.1, 0.15) is 6.29 Å². The molecular weight excluding hydrogens is 428 g/mol. The minimum atomic E-state index is -0.844. The van der Waals surface area contributed by atoms with Crippen molar-refractivity contribution in [1.29, 1.82) is 0 Å². The molecule has 0 unspecified atom stereocenters. The van der Waals surface area contributed by atoms with E-state index in [0.717, 1.165) is 38.4 Å². The van der Waals surface area contributed by atoms with Gasteiger partial charge in [0.05, 0.1) is 24.4 Å². The lowest BCUT2D eigenvalue weighted by atomic mass is 9.50. The predicted octanol–water partition coefficient (Wildman–Crippen LogP) is 4.78. The lowest BCUT2D eigenvalue weighted by molar-refractivity contribution is -0.208. The van der Waals surface area contributed by atoms with E-state index >= 15 is 0 Å². The summed E-state index contributed by atoms with van der Waals surface area (Å²) in [5.41, 5.74) is 4.06. The molecule has 5 nitrogen and oxygen atoms in total. The molecule has 0 amide bonds. The van der Waals surface area contributed by atoms with Gasteiger partial charge in [0.25, 0.3) is 0 Å². The molecule has 7 rings (SSSR count). The maximum absolute atomic E-state index is 12.1. The number of aliphatic hydroxyl groups is 1. The normalized spacial score (nSPS) is 46.0. The van der Waals surface area contributed by atoms with Crippen molar-refractivity contribution in [2.24, 2.45) is 23.2 Å². The molecule has 5 fully saturated rings. The first-order valence-electron chi connectivity index (χ1n) is 13.2. The van der Waals surface area contributed by atoms with Crippen molar-refractivity contribution in [3.63, 3.8) is 0 Å². The van der Waals surface area contributed by atoms with Crippen LogP contribution in [-0.2, 0) is 14.2 Å². The topological polar surface area (TPSA) is 65.0 Å². The van der Waals surface area contributed by atoms with Gasteiger partial charge in [0.2, 0.25) is 0 Å². The molecule has 1 aliphatic heterocycles. The van der Waals surface area contributed by atoms with E-state index in [1.165, 1.54) is 29.6 Å². The van der Waals surface area contributed by atoms with E-state index in [1.807, 2.05) is 19.2 Å². The Labute approximate surface area is 201 Å². The maximum Gasteiger partial charge on any atom is 0.171 e. The number of hydrogen-bond acceptors (Lipinski definition) is 5. The molecule has 5 heteroatoms. The summed E-state index contributed by atoms with van der Waals surface area (Å²) < 4.78 is 18.4. The smallest absolute Gasteiger partial charge is 0.171 e. The van der Waals surface area contributed by atoms with Gasteiger partial charge >= 0.3 is 0 Å². The minimum Gasteiger partial charge on any atom is -0.385 e. The van der Waals surface area contributed by atoms with E-state index in [9.17, 15) is 9.90 Å². The fraction of sp³-hybridized carbons (Fsp3) is 0.690. The summed E-state index contributed by atoms with van der Waals surface area (Å²) in [4.78, 5) is 11.3. The number of allylic oxidation sites excluding steroid dienone is 1. The molecule has 5 aliphatic carbocycles. The number of fused-ring (bicyclic) bond motifs is 6. The highest BCUT2D eigenvalue weighted by molar-refractivity contribution is 5.74. The molecule has 1 saturated heterocycles. The van der Waals surface area contributed by atoms with Crippen molar-refractivity contribution in [1.82, 2.24) is 0 Å². The summed E-state index contributed by atoms with van der Waals surface area (Å²) >= 11 is 0. The quantitative estimate of drug-likeness (QED) is 0.515. The van der Waals surface area contributed by atoms with Gasteiger partial charge in [-0.25, -0.2) is 0 Å². The van der Waals surface area contributed by atoms with Crippen LogP contribution in [0.5, 0.6) is 0 Å². The lowest BCUT2D eigenvalue weighted by Crippen LogP contribution is -2.54. The Balaban J connectivity index is 1.36. The number of aldehydes is 1. The Hall–Kier alpha value is -1.53. The van der Waals surface area contributed by atoms with Gasteiger partial charge in [-0.2, -0.15) is 0 Å². The van der Waals surface area contributed by atoms with E-state index in [4.69, 9.17) is 14.2 Å². The Morgan fingerprint density at radius 2 is 1.88 bits per heavy atom. The third-order valence-corrected chi connectivity index (χ3v) is 11.0. The number of benzene rings is 1. The van der Waals surface area contributed by atoms with Crippen LogP contribution in [-0.4, -0.2) is 48.7 Å². The number of carbonyl (C=O) groups is 1. The predicted molar refractivity (Wildman–Crippen MR) is 126 cm³/mol. The molecule has 1 aromatic carbocycles. The Morgan fingerprint density at radius 1 is 1.12 bits per heavy atom. The molecule has 1 N–H and O–H groups in total. The minimum absolute atomic E-state index is 0.0186. The summed E-state index contributed by atoms with van der Waals surface area (Å²) in [6, 6.07) is 8.18. The number of rotatable bonds is 3. The molecule has 1 heterocycles. The molecule has 0 radical (unpaired) electrons. The van der Waals surface area contributed by atoms with Crippen LogP contribution in [0.3, 0.4) is 0 Å². The number of carbonyl (C=O) groups excluding carboxylic acids is 1. The van der Waals surface area contributed by atoms with E-state index in [-0.39, 0.29) is 16.9 Å². The molecule has 1 spiro atoms. The highest BCUT2D eigenvalue weighted by Gasteiger charge is 2.76. The van der Waals surface area contributed by atoms with Crippen molar-refractivity contribution in [2.45, 2.75) is 81.2 Å². The van der Waals surface area contributed by atoms with Crippen molar-refractivity contribution in [2.75, 3.05) is 20.3 Å². The van der Waals surface area contributed by atoms with Gasteiger partial charge in [-0.1, -0.05) is 36.8 Å². The van der Waals surface area contributed by atoms with Gasteiger partial charge in [-0.3, -0.25) is 4.79 Å². The van der Waals surface area contributed by atoms with Gasteiger partial charge < -0.3 is 19.3 Å². The molecule has 1 aromatic rings. The fourth-order valence-electron chi connectivity index (χ4n) is 9.46. The van der Waals surface area contributed by atoms with Crippen LogP contribution < -0.4 is 0 Å². The second kappa shape index (κ2) is 7.03. The van der Waals surface area contributed by atoms with Crippen molar-refractivity contribution < 1.29 is 24.1 Å². The van der Waals surface area contributed by atoms with Gasteiger partial charge in [-0.05, 0) is 67.4 Å². The average Bonchev–Trinajstić information content (AvgIpc) is 3.31. The van der Waals surface area contributed by atoms with E-state index in [1.54, 1.807) is 0 Å². The van der Waals surface area contributed by atoms with E-state index in [2.05, 4.69) is 19.1 Å². The van der Waals surface area contributed by atoms with Gasteiger partial charge in [0, 0.05) is 36.8 Å². The third-order valence-electron chi connectivity index (χ3n) is 11.0.